The van der Waals surface area contributed by atoms with E-state index in [1.54, 1.807) is 4.90 Å². The third-order valence-electron chi connectivity index (χ3n) is 4.55. The van der Waals surface area contributed by atoms with Gasteiger partial charge in [0.05, 0.1) is 12.2 Å². The van der Waals surface area contributed by atoms with E-state index in [-0.39, 0.29) is 12.5 Å². The largest absolute Gasteiger partial charge is 0.395 e. The van der Waals surface area contributed by atoms with Crippen molar-refractivity contribution < 1.29 is 9.90 Å². The van der Waals surface area contributed by atoms with Gasteiger partial charge in [0, 0.05) is 30.2 Å². The summed E-state index contributed by atoms with van der Waals surface area (Å²) in [7, 11) is 0. The number of rotatable bonds is 6. The first-order valence-electron chi connectivity index (χ1n) is 8.80. The fourth-order valence-corrected chi connectivity index (χ4v) is 3.30. The lowest BCUT2D eigenvalue weighted by Gasteiger charge is -2.22. The van der Waals surface area contributed by atoms with Gasteiger partial charge in [0.15, 0.2) is 0 Å². The van der Waals surface area contributed by atoms with Crippen molar-refractivity contribution >= 4 is 5.91 Å². The van der Waals surface area contributed by atoms with Gasteiger partial charge in [-0.2, -0.15) is 0 Å². The van der Waals surface area contributed by atoms with Crippen molar-refractivity contribution in [1.82, 2.24) is 9.47 Å². The first kappa shape index (κ1) is 18.0. The number of aromatic nitrogens is 1. The molecule has 2 aromatic carbocycles. The Kier molecular flexibility index (Phi) is 5.54. The Balaban J connectivity index is 1.93. The smallest absolute Gasteiger partial charge is 0.256 e. The van der Waals surface area contributed by atoms with Crippen LogP contribution in [-0.2, 0) is 6.54 Å². The van der Waals surface area contributed by atoms with Crippen LogP contribution < -0.4 is 0 Å². The number of aryl methyl sites for hydroxylation is 1. The molecule has 26 heavy (non-hydrogen) atoms. The topological polar surface area (TPSA) is 45.5 Å². The molecule has 134 valence electrons. The Morgan fingerprint density at radius 2 is 1.62 bits per heavy atom. The average molecular weight is 348 g/mol. The van der Waals surface area contributed by atoms with Gasteiger partial charge >= 0.3 is 0 Å². The molecule has 0 fully saturated rings. The second-order valence-electron chi connectivity index (χ2n) is 6.39. The first-order valence-corrected chi connectivity index (χ1v) is 8.80. The van der Waals surface area contributed by atoms with Gasteiger partial charge in [-0.15, -0.1) is 0 Å². The molecule has 1 N–H and O–H groups in total. The Labute approximate surface area is 154 Å². The molecule has 0 saturated carbocycles. The molecule has 0 unspecified atom stereocenters. The van der Waals surface area contributed by atoms with Crippen molar-refractivity contribution in [1.29, 1.82) is 0 Å². The summed E-state index contributed by atoms with van der Waals surface area (Å²) in [6.45, 7) is 4.70. The maximum Gasteiger partial charge on any atom is 0.256 e. The number of amides is 1. The predicted octanol–water partition coefficient (Wildman–Crippen LogP) is 3.73. The Hall–Kier alpha value is -2.85. The van der Waals surface area contributed by atoms with Crippen LogP contribution in [0.3, 0.4) is 0 Å². The molecule has 0 aliphatic heterocycles. The second-order valence-corrected chi connectivity index (χ2v) is 6.39. The van der Waals surface area contributed by atoms with Crippen molar-refractivity contribution in [2.45, 2.75) is 20.4 Å². The minimum Gasteiger partial charge on any atom is -0.395 e. The van der Waals surface area contributed by atoms with Crippen LogP contribution in [0.4, 0.5) is 0 Å². The van der Waals surface area contributed by atoms with Crippen LogP contribution in [0.1, 0.15) is 27.3 Å². The lowest BCUT2D eigenvalue weighted by atomic mass is 10.1. The Morgan fingerprint density at radius 1 is 1.00 bits per heavy atom. The number of aliphatic hydroxyl groups is 1. The normalized spacial score (nSPS) is 10.7. The molecule has 3 rings (SSSR count). The van der Waals surface area contributed by atoms with E-state index in [0.29, 0.717) is 18.7 Å². The molecule has 0 radical (unpaired) electrons. The monoisotopic (exact) mass is 348 g/mol. The number of carbonyl (C=O) groups excluding carboxylic acids is 1. The van der Waals surface area contributed by atoms with Gasteiger partial charge in [0.25, 0.3) is 5.91 Å². The summed E-state index contributed by atoms with van der Waals surface area (Å²) in [5.74, 6) is -0.0572. The zero-order valence-corrected chi connectivity index (χ0v) is 15.2. The van der Waals surface area contributed by atoms with E-state index >= 15 is 0 Å². The van der Waals surface area contributed by atoms with Crippen LogP contribution in [-0.4, -0.2) is 33.6 Å². The molecule has 1 aromatic heterocycles. The summed E-state index contributed by atoms with van der Waals surface area (Å²) in [6.07, 6.45) is 0. The van der Waals surface area contributed by atoms with Gasteiger partial charge in [-0.25, -0.2) is 0 Å². The highest BCUT2D eigenvalue weighted by Gasteiger charge is 2.21. The van der Waals surface area contributed by atoms with E-state index in [0.717, 1.165) is 22.6 Å². The van der Waals surface area contributed by atoms with Crippen LogP contribution in [0, 0.1) is 13.8 Å². The highest BCUT2D eigenvalue weighted by molar-refractivity contribution is 5.96. The molecule has 0 atom stereocenters. The zero-order valence-electron chi connectivity index (χ0n) is 15.2. The van der Waals surface area contributed by atoms with E-state index < -0.39 is 0 Å². The highest BCUT2D eigenvalue weighted by Crippen LogP contribution is 2.22. The lowest BCUT2D eigenvalue weighted by Crippen LogP contribution is -2.33. The molecule has 0 aliphatic carbocycles. The number of carbonyl (C=O) groups is 1. The molecule has 4 nitrogen and oxygen atoms in total. The van der Waals surface area contributed by atoms with Crippen LogP contribution in [0.15, 0.2) is 66.7 Å². The number of hydrogen-bond acceptors (Lipinski definition) is 2. The van der Waals surface area contributed by atoms with Crippen LogP contribution in [0.5, 0.6) is 0 Å². The van der Waals surface area contributed by atoms with E-state index in [4.69, 9.17) is 0 Å². The molecule has 0 aliphatic rings. The van der Waals surface area contributed by atoms with E-state index in [1.165, 1.54) is 0 Å². The summed E-state index contributed by atoms with van der Waals surface area (Å²) < 4.78 is 2.09. The van der Waals surface area contributed by atoms with Crippen LogP contribution >= 0.6 is 0 Å². The zero-order chi connectivity index (χ0) is 18.5. The van der Waals surface area contributed by atoms with Gasteiger partial charge in [-0.05, 0) is 37.6 Å². The average Bonchev–Trinajstić information content (AvgIpc) is 2.96. The third kappa shape index (κ3) is 3.70. The molecule has 3 aromatic rings. The van der Waals surface area contributed by atoms with Gasteiger partial charge in [0.1, 0.15) is 0 Å². The van der Waals surface area contributed by atoms with Crippen molar-refractivity contribution in [2.24, 2.45) is 0 Å². The number of hydrogen-bond donors (Lipinski definition) is 1. The summed E-state index contributed by atoms with van der Waals surface area (Å²) >= 11 is 0. The van der Waals surface area contributed by atoms with Crippen molar-refractivity contribution in [3.63, 3.8) is 0 Å². The maximum atomic E-state index is 13.2. The predicted molar refractivity (Wildman–Crippen MR) is 104 cm³/mol. The maximum absolute atomic E-state index is 13.2. The summed E-state index contributed by atoms with van der Waals surface area (Å²) in [5.41, 5.74) is 4.69. The minimum atomic E-state index is -0.0595. The molecule has 1 heterocycles. The van der Waals surface area contributed by atoms with Crippen molar-refractivity contribution in [2.75, 3.05) is 13.2 Å². The third-order valence-corrected chi connectivity index (χ3v) is 4.55. The molecule has 0 saturated heterocycles. The van der Waals surface area contributed by atoms with Crippen molar-refractivity contribution in [3.8, 4) is 5.69 Å². The van der Waals surface area contributed by atoms with Gasteiger partial charge in [0.2, 0.25) is 0 Å². The highest BCUT2D eigenvalue weighted by atomic mass is 16.3. The number of nitrogens with zero attached hydrogens (tertiary/aromatic N) is 2. The van der Waals surface area contributed by atoms with Crippen molar-refractivity contribution in [3.05, 3.63) is 89.2 Å². The lowest BCUT2D eigenvalue weighted by molar-refractivity contribution is 0.0707. The van der Waals surface area contributed by atoms with E-state index in [1.807, 2.05) is 80.6 Å². The summed E-state index contributed by atoms with van der Waals surface area (Å²) in [6, 6.07) is 21.8. The second kappa shape index (κ2) is 8.02. The van der Waals surface area contributed by atoms with Gasteiger partial charge in [-0.1, -0.05) is 48.5 Å². The SMILES string of the molecule is Cc1cc(C(=O)N(CCO)Cc2ccccc2)c(C)n1-c1ccccc1. The first-order chi connectivity index (χ1) is 12.6. The molecule has 1 amide bonds. The Bertz CT molecular complexity index is 870. The minimum absolute atomic E-state index is 0.0572. The number of para-hydroxylation sites is 1. The standard InChI is InChI=1S/C22H24N2O2/c1-17-15-21(18(2)24(17)20-11-7-4-8-12-20)22(26)23(13-14-25)16-19-9-5-3-6-10-19/h3-12,15,25H,13-14,16H2,1-2H3. The fraction of sp³-hybridized carbons (Fsp3) is 0.227. The van der Waals surface area contributed by atoms with Gasteiger partial charge in [-0.3, -0.25) is 4.79 Å². The molecular formula is C22H24N2O2. The van der Waals surface area contributed by atoms with Crippen LogP contribution in [0.25, 0.3) is 5.69 Å². The summed E-state index contributed by atoms with van der Waals surface area (Å²) in [4.78, 5) is 14.9. The molecule has 0 bridgehead atoms. The Morgan fingerprint density at radius 3 is 2.23 bits per heavy atom. The molecular weight excluding hydrogens is 324 g/mol. The van der Waals surface area contributed by atoms with Crippen LogP contribution in [0.2, 0.25) is 0 Å². The fourth-order valence-electron chi connectivity index (χ4n) is 3.30. The van der Waals surface area contributed by atoms with Gasteiger partial charge < -0.3 is 14.6 Å². The summed E-state index contributed by atoms with van der Waals surface area (Å²) in [5, 5.41) is 9.42. The van der Waals surface area contributed by atoms with E-state index in [2.05, 4.69) is 4.57 Å². The number of benzene rings is 2. The van der Waals surface area contributed by atoms with E-state index in [9.17, 15) is 9.90 Å². The quantitative estimate of drug-likeness (QED) is 0.738. The number of aliphatic hydroxyl groups excluding tert-OH is 1. The molecule has 4 heteroatoms. The molecule has 0 spiro atoms.